The number of anilines is 1. The number of aromatic nitrogens is 6. The Balaban J connectivity index is 1.51. The van der Waals surface area contributed by atoms with Crippen molar-refractivity contribution in [2.45, 2.75) is 147 Å². The van der Waals surface area contributed by atoms with Crippen LogP contribution in [0, 0.1) is 23.2 Å². The molecular formula is C39H62N8O13P2S2Si2. The van der Waals surface area contributed by atoms with Crippen LogP contribution in [0.15, 0.2) is 29.7 Å². The van der Waals surface area contributed by atoms with E-state index in [1.54, 1.807) is 26.1 Å². The number of amides is 1. The fourth-order valence-corrected chi connectivity index (χ4v) is 21.9. The minimum Gasteiger partial charge on any atom is -0.474 e. The van der Waals surface area contributed by atoms with Gasteiger partial charge in [0, 0.05) is 30.5 Å². The third kappa shape index (κ3) is 11.9. The molecule has 1 saturated carbocycles. The van der Waals surface area contributed by atoms with Crippen LogP contribution >= 0.6 is 25.8 Å². The lowest BCUT2D eigenvalue weighted by Gasteiger charge is -2.47. The highest BCUT2D eigenvalue weighted by molar-refractivity contribution is 8.44. The molecule has 2 aliphatic heterocycles. The molecule has 21 nitrogen and oxygen atoms in total. The van der Waals surface area contributed by atoms with Crippen LogP contribution in [0.5, 0.6) is 5.88 Å². The summed E-state index contributed by atoms with van der Waals surface area (Å²) >= 11 is 10.7. The number of ether oxygens (including phenoxy) is 2. The summed E-state index contributed by atoms with van der Waals surface area (Å²) in [4.78, 5) is 58.3. The van der Waals surface area contributed by atoms with Crippen LogP contribution in [0.4, 0.5) is 5.95 Å². The van der Waals surface area contributed by atoms with Gasteiger partial charge in [-0.1, -0.05) is 81.5 Å². The van der Waals surface area contributed by atoms with Crippen molar-refractivity contribution in [3.63, 3.8) is 0 Å². The molecule has 9 atom stereocenters. The Morgan fingerprint density at radius 3 is 2.39 bits per heavy atom. The SMILES string of the molecule is CC(C)C(=O)Nc1nc2c(ncn2[C@@H]2O[C@@H]3CO[P@](=O)(S)O[C@H]4C[C@H](Oc5ccncn5)C[C@@H]4CO[P@](=S)(OCCC#N)O[C@@H]2[C@@H]3O[Si](O[Si](O)(C(C)C)C(C)C)(C(C)C)C(C)C)c(=O)[nH]1. The highest BCUT2D eigenvalue weighted by Crippen LogP contribution is 2.60. The number of imidazole rings is 1. The van der Waals surface area contributed by atoms with Crippen LogP contribution in [0.1, 0.15) is 94.7 Å². The number of hydrogen-bond donors (Lipinski definition) is 4. The van der Waals surface area contributed by atoms with Gasteiger partial charge >= 0.3 is 30.6 Å². The fraction of sp³-hybridized carbons (Fsp3) is 0.718. The van der Waals surface area contributed by atoms with Crippen molar-refractivity contribution >= 4 is 77.7 Å². The second-order valence-corrected chi connectivity index (χ2v) is 32.7. The molecule has 366 valence electrons. The summed E-state index contributed by atoms with van der Waals surface area (Å²) in [6.07, 6.45) is -1.40. The molecule has 1 amide bonds. The molecule has 0 aromatic carbocycles. The van der Waals surface area contributed by atoms with Crippen LogP contribution in [0.25, 0.3) is 11.2 Å². The smallest absolute Gasteiger partial charge is 0.386 e. The Hall–Kier alpha value is -2.51. The molecule has 66 heavy (non-hydrogen) atoms. The van der Waals surface area contributed by atoms with Crippen molar-refractivity contribution in [2.75, 3.05) is 25.1 Å². The Labute approximate surface area is 397 Å². The fourth-order valence-electron chi connectivity index (χ4n) is 8.29. The Kier molecular flexibility index (Phi) is 17.3. The van der Waals surface area contributed by atoms with Gasteiger partial charge in [-0.3, -0.25) is 38.0 Å². The number of rotatable bonds is 16. The first-order valence-corrected chi connectivity index (χ1v) is 31.3. The molecule has 0 unspecified atom stereocenters. The van der Waals surface area contributed by atoms with E-state index in [-0.39, 0.29) is 65.3 Å². The predicted molar refractivity (Wildman–Crippen MR) is 253 cm³/mol. The molecule has 0 radical (unpaired) electrons. The zero-order chi connectivity index (χ0) is 48.4. The van der Waals surface area contributed by atoms with E-state index in [4.69, 9.17) is 52.4 Å². The molecule has 0 spiro atoms. The Morgan fingerprint density at radius 1 is 1.06 bits per heavy atom. The van der Waals surface area contributed by atoms with Gasteiger partial charge in [0.05, 0.1) is 44.7 Å². The molecule has 3 N–H and O–H groups in total. The summed E-state index contributed by atoms with van der Waals surface area (Å²) in [5, 5.41) is 12.2. The summed E-state index contributed by atoms with van der Waals surface area (Å²) < 4.78 is 75.4. The summed E-state index contributed by atoms with van der Waals surface area (Å²) in [7, 11) is -7.22. The van der Waals surface area contributed by atoms with E-state index >= 15 is 0 Å². The Bertz CT molecular complexity index is 2340. The second kappa shape index (κ2) is 21.6. The number of nitrogens with zero attached hydrogens (tertiary/aromatic N) is 6. The third-order valence-electron chi connectivity index (χ3n) is 11.9. The molecule has 6 rings (SSSR count). The summed E-state index contributed by atoms with van der Waals surface area (Å²) in [6.45, 7) is 10.1. The molecule has 3 aromatic heterocycles. The molecular weight excluding hydrogens is 971 g/mol. The number of H-pyrrole nitrogens is 1. The highest BCUT2D eigenvalue weighted by atomic mass is 32.7. The van der Waals surface area contributed by atoms with Gasteiger partial charge in [0.15, 0.2) is 17.4 Å². The lowest BCUT2D eigenvalue weighted by molar-refractivity contribution is -0.118. The van der Waals surface area contributed by atoms with Gasteiger partial charge in [0.1, 0.15) is 30.7 Å². The largest absolute Gasteiger partial charge is 0.474 e. The predicted octanol–water partition coefficient (Wildman–Crippen LogP) is 7.19. The Morgan fingerprint density at radius 2 is 1.77 bits per heavy atom. The normalized spacial score (nSPS) is 28.9. The second-order valence-electron chi connectivity index (χ2n) is 18.2. The van der Waals surface area contributed by atoms with Gasteiger partial charge in [-0.15, -0.1) is 0 Å². The minimum atomic E-state index is -4.22. The number of nitriles is 1. The number of carbonyl (C=O) groups excluding carboxylic acids is 1. The summed E-state index contributed by atoms with van der Waals surface area (Å²) in [5.74, 6) is -1.14. The minimum absolute atomic E-state index is 0.00179. The number of hydrogen-bond acceptors (Lipinski definition) is 19. The maximum Gasteiger partial charge on any atom is 0.386 e. The van der Waals surface area contributed by atoms with Crippen LogP contribution in [0.2, 0.25) is 22.2 Å². The lowest BCUT2D eigenvalue weighted by Crippen LogP contribution is -2.62. The molecule has 5 heterocycles. The van der Waals surface area contributed by atoms with Crippen LogP contribution in [0.3, 0.4) is 0 Å². The number of nitrogens with one attached hydrogen (secondary N) is 2. The van der Waals surface area contributed by atoms with Crippen molar-refractivity contribution in [2.24, 2.45) is 11.8 Å². The highest BCUT2D eigenvalue weighted by Gasteiger charge is 2.60. The third-order valence-corrected chi connectivity index (χ3v) is 25.7. The van der Waals surface area contributed by atoms with E-state index in [2.05, 4.69) is 48.6 Å². The number of carbonyl (C=O) groups is 1. The van der Waals surface area contributed by atoms with Gasteiger partial charge < -0.3 is 31.9 Å². The zero-order valence-corrected chi connectivity index (χ0v) is 44.3. The van der Waals surface area contributed by atoms with Crippen molar-refractivity contribution in [3.8, 4) is 11.9 Å². The first kappa shape index (κ1) is 52.9. The van der Waals surface area contributed by atoms with Crippen molar-refractivity contribution in [1.82, 2.24) is 29.5 Å². The molecule has 3 fully saturated rings. The van der Waals surface area contributed by atoms with E-state index in [1.807, 2.05) is 55.4 Å². The van der Waals surface area contributed by atoms with E-state index < -0.39 is 97.3 Å². The number of fused-ring (bicyclic) bond motifs is 4. The van der Waals surface area contributed by atoms with Gasteiger partial charge in [-0.25, -0.2) is 19.5 Å². The summed E-state index contributed by atoms with van der Waals surface area (Å²) in [6, 6.07) is 3.68. The van der Waals surface area contributed by atoms with Crippen LogP contribution < -0.4 is 15.6 Å². The topological polar surface area (TPSA) is 263 Å². The van der Waals surface area contributed by atoms with E-state index in [1.165, 1.54) is 17.2 Å². The van der Waals surface area contributed by atoms with E-state index in [0.29, 0.717) is 12.3 Å². The van der Waals surface area contributed by atoms with Crippen molar-refractivity contribution < 1.29 is 54.8 Å². The molecule has 1 aliphatic carbocycles. The molecule has 3 aromatic rings. The van der Waals surface area contributed by atoms with Gasteiger partial charge in [0.25, 0.3) is 5.56 Å². The van der Waals surface area contributed by atoms with E-state index in [9.17, 15) is 24.2 Å². The average Bonchev–Trinajstić information content (AvgIpc) is 3.93. The standard InChI is InChI=1S/C39H62N8O13P2S2Si2/c1-22(2)36(48)45-39-44-35-32(37(49)46-39)43-21-47(35)38-34-33(59-66(25(7)8,26(9)10)60-65(51,23(3)4)24(5)6)30(56-38)19-53-61(50,63)57-29-17-28(55-31-12-14-41-20-42-31)16-27(29)18-54-62(64,58-34)52-15-11-13-40/h12,14,20-30,33-34,38,51H,11,15-19H2,1-10H3,(H,50,63)(H2,44,45,46,48,49)/t27-,28-,29+,30-,33-,34-,38-,61+,62-/m1/s1. The average molecular weight is 1030 g/mol. The monoisotopic (exact) mass is 1030 g/mol. The van der Waals surface area contributed by atoms with Gasteiger partial charge in [0.2, 0.25) is 17.7 Å². The first-order valence-electron chi connectivity index (χ1n) is 22.1. The quantitative estimate of drug-likeness (QED) is 0.0479. The van der Waals surface area contributed by atoms with E-state index in [0.717, 1.165) is 0 Å². The van der Waals surface area contributed by atoms with Gasteiger partial charge in [-0.2, -0.15) is 10.2 Å². The molecule has 3 aliphatic rings. The van der Waals surface area contributed by atoms with Crippen LogP contribution in [-0.4, -0.2) is 108 Å². The molecule has 27 heteroatoms. The van der Waals surface area contributed by atoms with Crippen LogP contribution in [-0.2, 0) is 57.1 Å². The van der Waals surface area contributed by atoms with Gasteiger partial charge in [-0.05, 0) is 40.4 Å². The maximum atomic E-state index is 14.4. The van der Waals surface area contributed by atoms with Crippen molar-refractivity contribution in [1.29, 1.82) is 5.26 Å². The first-order chi connectivity index (χ1) is 31.0. The lowest BCUT2D eigenvalue weighted by atomic mass is 10.1. The van der Waals surface area contributed by atoms with Crippen molar-refractivity contribution in [3.05, 3.63) is 35.3 Å². The molecule has 2 saturated heterocycles. The maximum absolute atomic E-state index is 14.4. The number of aromatic amines is 1. The number of thiol groups is 1. The molecule has 2 bridgehead atoms. The summed E-state index contributed by atoms with van der Waals surface area (Å²) in [5.41, 5.74) is -1.76. The zero-order valence-electron chi connectivity index (χ0n) is 38.8.